The van der Waals surface area contributed by atoms with E-state index in [-0.39, 0.29) is 5.95 Å². The van der Waals surface area contributed by atoms with Crippen LogP contribution >= 0.6 is 15.9 Å². The highest BCUT2D eigenvalue weighted by molar-refractivity contribution is 9.10. The fraction of sp³-hybridized carbons (Fsp3) is 0. The Balaban J connectivity index is 3.00. The van der Waals surface area contributed by atoms with Crippen molar-refractivity contribution in [2.45, 2.75) is 0 Å². The molecule has 52 valence electrons. The third-order valence-electron chi connectivity index (χ3n) is 0.770. The molecule has 0 unspecified atom stereocenters. The smallest absolute Gasteiger partial charge is 0.390 e. The molecule has 1 rings (SSSR count). The van der Waals surface area contributed by atoms with Crippen molar-refractivity contribution in [3.63, 3.8) is 0 Å². The van der Waals surface area contributed by atoms with Gasteiger partial charge in [0, 0.05) is 0 Å². The van der Waals surface area contributed by atoms with E-state index in [2.05, 4.69) is 25.9 Å². The first-order valence-electron chi connectivity index (χ1n) is 2.32. The maximum Gasteiger partial charge on any atom is 0.468 e. The van der Waals surface area contributed by atoms with Crippen LogP contribution in [0.15, 0.2) is 16.9 Å². The molecular formula is C4H2BrN3O2. The molecule has 1 heterocycles. The predicted octanol–water partition coefficient (Wildman–Crippen LogP) is 1.15. The molecule has 0 amide bonds. The summed E-state index contributed by atoms with van der Waals surface area (Å²) in [6.07, 6.45) is 2.65. The number of aromatic nitrogens is 2. The monoisotopic (exact) mass is 203 g/mol. The Morgan fingerprint density at radius 3 is 2.40 bits per heavy atom. The van der Waals surface area contributed by atoms with Gasteiger partial charge in [0.25, 0.3) is 0 Å². The van der Waals surface area contributed by atoms with E-state index in [1.54, 1.807) is 0 Å². The van der Waals surface area contributed by atoms with Crippen LogP contribution in [0.5, 0.6) is 0 Å². The highest BCUT2D eigenvalue weighted by Gasteiger charge is 2.05. The zero-order valence-electron chi connectivity index (χ0n) is 4.69. The van der Waals surface area contributed by atoms with E-state index in [1.165, 1.54) is 12.4 Å². The second kappa shape index (κ2) is 2.70. The van der Waals surface area contributed by atoms with E-state index in [0.29, 0.717) is 4.47 Å². The van der Waals surface area contributed by atoms with Crippen molar-refractivity contribution in [1.29, 1.82) is 0 Å². The molecule has 0 saturated heterocycles. The molecule has 6 heteroatoms. The normalized spacial score (nSPS) is 9.30. The zero-order chi connectivity index (χ0) is 7.56. The molecule has 1 aromatic rings. The van der Waals surface area contributed by atoms with E-state index in [1.807, 2.05) is 0 Å². The summed E-state index contributed by atoms with van der Waals surface area (Å²) in [6.45, 7) is 0. The number of nitrogens with zero attached hydrogens (tertiary/aromatic N) is 3. The summed E-state index contributed by atoms with van der Waals surface area (Å²) in [6, 6.07) is 0. The van der Waals surface area contributed by atoms with Crippen LogP contribution in [0.4, 0.5) is 5.95 Å². The zero-order valence-corrected chi connectivity index (χ0v) is 6.28. The Kier molecular flexibility index (Phi) is 1.91. The molecule has 0 saturated carbocycles. The van der Waals surface area contributed by atoms with Gasteiger partial charge in [0.15, 0.2) is 0 Å². The van der Waals surface area contributed by atoms with Crippen LogP contribution in [0.2, 0.25) is 0 Å². The number of rotatable bonds is 1. The van der Waals surface area contributed by atoms with Crippen molar-refractivity contribution in [3.8, 4) is 0 Å². The lowest BCUT2D eigenvalue weighted by molar-refractivity contribution is -0.394. The van der Waals surface area contributed by atoms with E-state index in [9.17, 15) is 10.1 Å². The van der Waals surface area contributed by atoms with Gasteiger partial charge < -0.3 is 10.1 Å². The average molecular weight is 204 g/mol. The molecule has 0 N–H and O–H groups in total. The van der Waals surface area contributed by atoms with Gasteiger partial charge in [0.05, 0.1) is 4.47 Å². The van der Waals surface area contributed by atoms with Gasteiger partial charge in [-0.25, -0.2) is 0 Å². The molecule has 0 aliphatic rings. The highest BCUT2D eigenvalue weighted by atomic mass is 79.9. The van der Waals surface area contributed by atoms with Gasteiger partial charge in [-0.05, 0) is 20.9 Å². The van der Waals surface area contributed by atoms with Crippen LogP contribution in [-0.2, 0) is 0 Å². The second-order valence-electron chi connectivity index (χ2n) is 1.46. The lowest BCUT2D eigenvalue weighted by Gasteiger charge is -1.88. The van der Waals surface area contributed by atoms with Crippen molar-refractivity contribution in [1.82, 2.24) is 9.97 Å². The van der Waals surface area contributed by atoms with Gasteiger partial charge in [-0.1, -0.05) is 9.97 Å². The third kappa shape index (κ3) is 1.47. The lowest BCUT2D eigenvalue weighted by Crippen LogP contribution is -1.93. The third-order valence-corrected chi connectivity index (χ3v) is 1.18. The summed E-state index contributed by atoms with van der Waals surface area (Å²) >= 11 is 3.05. The van der Waals surface area contributed by atoms with Gasteiger partial charge in [-0.15, -0.1) is 0 Å². The molecule has 5 nitrogen and oxygen atoms in total. The van der Waals surface area contributed by atoms with E-state index >= 15 is 0 Å². The first kappa shape index (κ1) is 7.07. The number of halogens is 1. The highest BCUT2D eigenvalue weighted by Crippen LogP contribution is 2.07. The minimum Gasteiger partial charge on any atom is -0.390 e. The molecule has 0 atom stereocenters. The van der Waals surface area contributed by atoms with Crippen molar-refractivity contribution in [2.75, 3.05) is 0 Å². The number of hydrogen-bond donors (Lipinski definition) is 0. The Bertz CT molecular complexity index is 247. The second-order valence-corrected chi connectivity index (χ2v) is 2.37. The predicted molar refractivity (Wildman–Crippen MR) is 36.4 cm³/mol. The molecular weight excluding hydrogens is 202 g/mol. The minimum absolute atomic E-state index is 0.386. The van der Waals surface area contributed by atoms with Gasteiger partial charge in [0.1, 0.15) is 12.4 Å². The summed E-state index contributed by atoms with van der Waals surface area (Å²) in [4.78, 5) is 16.2. The molecule has 0 fully saturated rings. The fourth-order valence-corrected chi connectivity index (χ4v) is 0.604. The SMILES string of the molecule is O=[N+]([O-])c1ncc(Br)cn1. The van der Waals surface area contributed by atoms with Gasteiger partial charge in [0.2, 0.25) is 0 Å². The molecule has 0 spiro atoms. The largest absolute Gasteiger partial charge is 0.468 e. The first-order valence-corrected chi connectivity index (χ1v) is 3.11. The van der Waals surface area contributed by atoms with Gasteiger partial charge in [-0.2, -0.15) is 0 Å². The summed E-state index contributed by atoms with van der Waals surface area (Å²) < 4.78 is 0.623. The summed E-state index contributed by atoms with van der Waals surface area (Å²) in [5.74, 6) is -0.386. The first-order chi connectivity index (χ1) is 4.70. The van der Waals surface area contributed by atoms with E-state index < -0.39 is 4.92 Å². The molecule has 10 heavy (non-hydrogen) atoms. The van der Waals surface area contributed by atoms with Crippen LogP contribution in [0, 0.1) is 10.1 Å². The van der Waals surface area contributed by atoms with Crippen LogP contribution in [0.3, 0.4) is 0 Å². The molecule has 0 aliphatic heterocycles. The Morgan fingerprint density at radius 1 is 1.50 bits per heavy atom. The Hall–Kier alpha value is -1.04. The van der Waals surface area contributed by atoms with Gasteiger partial charge in [-0.3, -0.25) is 0 Å². The maximum absolute atomic E-state index is 9.98. The maximum atomic E-state index is 9.98. The standard InChI is InChI=1S/C4H2BrN3O2/c5-3-1-6-4(7-2-3)8(9)10/h1-2H. The fourth-order valence-electron chi connectivity index (χ4n) is 0.400. The number of hydrogen-bond acceptors (Lipinski definition) is 4. The van der Waals surface area contributed by atoms with E-state index in [0.717, 1.165) is 0 Å². The summed E-state index contributed by atoms with van der Waals surface area (Å²) in [5.41, 5.74) is 0. The molecule has 0 radical (unpaired) electrons. The van der Waals surface area contributed by atoms with Crippen LogP contribution < -0.4 is 0 Å². The van der Waals surface area contributed by atoms with Gasteiger partial charge >= 0.3 is 5.95 Å². The Morgan fingerprint density at radius 2 is 2.00 bits per heavy atom. The lowest BCUT2D eigenvalue weighted by atomic mass is 10.7. The van der Waals surface area contributed by atoms with E-state index in [4.69, 9.17) is 0 Å². The van der Waals surface area contributed by atoms with Crippen LogP contribution in [-0.4, -0.2) is 14.9 Å². The Labute approximate surface area is 64.4 Å². The number of nitro groups is 1. The molecule has 0 aliphatic carbocycles. The van der Waals surface area contributed by atoms with Crippen molar-refractivity contribution in [2.24, 2.45) is 0 Å². The minimum atomic E-state index is -0.646. The van der Waals surface area contributed by atoms with Crippen LogP contribution in [0.25, 0.3) is 0 Å². The summed E-state index contributed by atoms with van der Waals surface area (Å²) in [5, 5.41) is 9.98. The van der Waals surface area contributed by atoms with Crippen molar-refractivity contribution >= 4 is 21.9 Å². The quantitative estimate of drug-likeness (QED) is 0.508. The average Bonchev–Trinajstić information content (AvgIpc) is 1.88. The molecule has 1 aromatic heterocycles. The molecule has 0 aromatic carbocycles. The molecule has 0 bridgehead atoms. The van der Waals surface area contributed by atoms with Crippen molar-refractivity contribution < 1.29 is 4.92 Å². The topological polar surface area (TPSA) is 68.9 Å². The van der Waals surface area contributed by atoms with Crippen molar-refractivity contribution in [3.05, 3.63) is 27.0 Å². The summed E-state index contributed by atoms with van der Waals surface area (Å²) in [7, 11) is 0. The van der Waals surface area contributed by atoms with Crippen LogP contribution in [0.1, 0.15) is 0 Å².